The van der Waals surface area contributed by atoms with Gasteiger partial charge in [-0.05, 0) is 24.6 Å². The first-order chi connectivity index (χ1) is 7.19. The molecule has 0 aliphatic rings. The molecular weight excluding hydrogens is 256 g/mol. The highest BCUT2D eigenvalue weighted by Gasteiger charge is 2.09. The number of hydrogen-bond donors (Lipinski definition) is 0. The molecule has 1 aromatic carbocycles. The minimum atomic E-state index is -0.353. The number of halogens is 1. The van der Waals surface area contributed by atoms with Crippen molar-refractivity contribution in [3.8, 4) is 11.8 Å². The van der Waals surface area contributed by atoms with Crippen LogP contribution >= 0.6 is 15.9 Å². The molecule has 0 saturated heterocycles. The van der Waals surface area contributed by atoms with Gasteiger partial charge < -0.3 is 4.74 Å². The van der Waals surface area contributed by atoms with E-state index < -0.39 is 0 Å². The van der Waals surface area contributed by atoms with Crippen LogP contribution in [0.3, 0.4) is 0 Å². The fourth-order valence-corrected chi connectivity index (χ4v) is 1.32. The van der Waals surface area contributed by atoms with Crippen LogP contribution in [0.4, 0.5) is 0 Å². The second-order valence-electron chi connectivity index (χ2n) is 2.98. The van der Waals surface area contributed by atoms with Gasteiger partial charge in [0, 0.05) is 5.56 Å². The summed E-state index contributed by atoms with van der Waals surface area (Å²) in [7, 11) is 1.36. The summed E-state index contributed by atoms with van der Waals surface area (Å²) in [5, 5.41) is 0.585. The van der Waals surface area contributed by atoms with Crippen molar-refractivity contribution in [2.24, 2.45) is 0 Å². The molecule has 78 valence electrons. The number of carbonyl (C=O) groups excluding carboxylic acids is 1. The van der Waals surface area contributed by atoms with Gasteiger partial charge >= 0.3 is 5.97 Å². The maximum atomic E-state index is 11.4. The molecule has 3 heteroatoms. The number of hydrogen-bond acceptors (Lipinski definition) is 2. The lowest BCUT2D eigenvalue weighted by atomic mass is 10.1. The summed E-state index contributed by atoms with van der Waals surface area (Å²) >= 11 is 3.21. The van der Waals surface area contributed by atoms with E-state index >= 15 is 0 Å². The first-order valence-corrected chi connectivity index (χ1v) is 5.55. The van der Waals surface area contributed by atoms with Gasteiger partial charge in [-0.1, -0.05) is 33.8 Å². The smallest absolute Gasteiger partial charge is 0.339 e. The molecule has 1 rings (SSSR count). The summed E-state index contributed by atoms with van der Waals surface area (Å²) in [6.45, 7) is 1.96. The molecule has 0 heterocycles. The van der Waals surface area contributed by atoms with Crippen molar-refractivity contribution in [3.63, 3.8) is 0 Å². The van der Waals surface area contributed by atoms with Crippen LogP contribution in [0.25, 0.3) is 0 Å². The van der Waals surface area contributed by atoms with Crippen LogP contribution in [0.15, 0.2) is 18.2 Å². The van der Waals surface area contributed by atoms with Crippen molar-refractivity contribution in [1.29, 1.82) is 0 Å². The molecule has 2 nitrogen and oxygen atoms in total. The third-order valence-corrected chi connectivity index (χ3v) is 2.15. The molecular formula is C12H11BrO2. The molecule has 0 amide bonds. The van der Waals surface area contributed by atoms with Crippen molar-refractivity contribution >= 4 is 21.9 Å². The Kier molecular flexibility index (Phi) is 4.38. The Morgan fingerprint density at radius 1 is 1.53 bits per heavy atom. The van der Waals surface area contributed by atoms with Gasteiger partial charge in [0.15, 0.2) is 0 Å². The van der Waals surface area contributed by atoms with Crippen LogP contribution in [0.5, 0.6) is 0 Å². The molecule has 0 unspecified atom stereocenters. The number of methoxy groups -OCH3 is 1. The molecule has 0 N–H and O–H groups in total. The minimum Gasteiger partial charge on any atom is -0.465 e. The largest absolute Gasteiger partial charge is 0.465 e. The molecule has 0 aromatic heterocycles. The van der Waals surface area contributed by atoms with Crippen LogP contribution in [0, 0.1) is 18.8 Å². The van der Waals surface area contributed by atoms with E-state index in [1.165, 1.54) is 7.11 Å². The molecule has 0 aliphatic heterocycles. The summed E-state index contributed by atoms with van der Waals surface area (Å²) < 4.78 is 4.68. The molecule has 0 spiro atoms. The number of aryl methyl sites for hydroxylation is 1. The molecule has 0 atom stereocenters. The van der Waals surface area contributed by atoms with Crippen LogP contribution in [-0.4, -0.2) is 18.4 Å². The third kappa shape index (κ3) is 3.10. The fourth-order valence-electron chi connectivity index (χ4n) is 1.18. The van der Waals surface area contributed by atoms with Crippen LogP contribution in [0.2, 0.25) is 0 Å². The summed E-state index contributed by atoms with van der Waals surface area (Å²) in [6, 6.07) is 5.48. The molecule has 0 radical (unpaired) electrons. The zero-order valence-corrected chi connectivity index (χ0v) is 10.2. The zero-order valence-electron chi connectivity index (χ0n) is 8.63. The summed E-state index contributed by atoms with van der Waals surface area (Å²) in [5.41, 5.74) is 2.29. The number of carbonyl (C=O) groups is 1. The second-order valence-corrected chi connectivity index (χ2v) is 3.54. The predicted molar refractivity (Wildman–Crippen MR) is 63.2 cm³/mol. The Bertz CT molecular complexity index is 427. The fraction of sp³-hybridized carbons (Fsp3) is 0.250. The van der Waals surface area contributed by atoms with Crippen molar-refractivity contribution < 1.29 is 9.53 Å². The quantitative estimate of drug-likeness (QED) is 0.444. The maximum absolute atomic E-state index is 11.4. The summed E-state index contributed by atoms with van der Waals surface area (Å²) in [5.74, 6) is 5.44. The first-order valence-electron chi connectivity index (χ1n) is 4.43. The third-order valence-electron chi connectivity index (χ3n) is 1.87. The predicted octanol–water partition coefficient (Wildman–Crippen LogP) is 2.53. The Hall–Kier alpha value is -1.27. The Labute approximate surface area is 97.8 Å². The standard InChI is InChI=1S/C12H11BrO2/c1-9-5-6-11(12(14)15-2)10(8-9)4-3-7-13/h5-6,8H,7H2,1-2H3. The van der Waals surface area contributed by atoms with Crippen LogP contribution in [-0.2, 0) is 4.74 Å². The lowest BCUT2D eigenvalue weighted by Gasteiger charge is -2.03. The number of alkyl halides is 1. The van der Waals surface area contributed by atoms with E-state index in [0.717, 1.165) is 5.56 Å². The van der Waals surface area contributed by atoms with E-state index in [1.807, 2.05) is 19.1 Å². The average Bonchev–Trinajstić information content (AvgIpc) is 2.25. The first kappa shape index (κ1) is 11.8. The number of rotatable bonds is 1. The minimum absolute atomic E-state index is 0.353. The Morgan fingerprint density at radius 3 is 2.87 bits per heavy atom. The highest BCUT2D eigenvalue weighted by atomic mass is 79.9. The molecule has 0 saturated carbocycles. The van der Waals surface area contributed by atoms with Crippen LogP contribution in [0.1, 0.15) is 21.5 Å². The van der Waals surface area contributed by atoms with Gasteiger partial charge in [0.05, 0.1) is 18.0 Å². The van der Waals surface area contributed by atoms with Gasteiger partial charge in [0.1, 0.15) is 0 Å². The Morgan fingerprint density at radius 2 is 2.27 bits per heavy atom. The van der Waals surface area contributed by atoms with E-state index in [0.29, 0.717) is 16.5 Å². The number of benzene rings is 1. The van der Waals surface area contributed by atoms with Crippen molar-refractivity contribution in [1.82, 2.24) is 0 Å². The average molecular weight is 267 g/mol. The lowest BCUT2D eigenvalue weighted by Crippen LogP contribution is -2.04. The highest BCUT2D eigenvalue weighted by molar-refractivity contribution is 9.09. The van der Waals surface area contributed by atoms with E-state index in [9.17, 15) is 4.79 Å². The molecule has 0 bridgehead atoms. The molecule has 0 aliphatic carbocycles. The van der Waals surface area contributed by atoms with Gasteiger partial charge in [-0.2, -0.15) is 0 Å². The van der Waals surface area contributed by atoms with Gasteiger partial charge in [0.2, 0.25) is 0 Å². The van der Waals surface area contributed by atoms with Gasteiger partial charge in [-0.15, -0.1) is 0 Å². The van der Waals surface area contributed by atoms with Gasteiger partial charge in [-0.25, -0.2) is 4.79 Å². The number of ether oxygens (including phenoxy) is 1. The van der Waals surface area contributed by atoms with E-state index in [2.05, 4.69) is 32.5 Å². The van der Waals surface area contributed by atoms with Gasteiger partial charge in [-0.3, -0.25) is 0 Å². The van der Waals surface area contributed by atoms with Crippen LogP contribution < -0.4 is 0 Å². The summed E-state index contributed by atoms with van der Waals surface area (Å²) in [6.07, 6.45) is 0. The molecule has 15 heavy (non-hydrogen) atoms. The van der Waals surface area contributed by atoms with Crippen molar-refractivity contribution in [2.45, 2.75) is 6.92 Å². The van der Waals surface area contributed by atoms with Gasteiger partial charge in [0.25, 0.3) is 0 Å². The Balaban J connectivity index is 3.20. The zero-order chi connectivity index (χ0) is 11.3. The van der Waals surface area contributed by atoms with E-state index in [-0.39, 0.29) is 5.97 Å². The van der Waals surface area contributed by atoms with Crippen molar-refractivity contribution in [3.05, 3.63) is 34.9 Å². The molecule has 0 fully saturated rings. The van der Waals surface area contributed by atoms with Crippen molar-refractivity contribution in [2.75, 3.05) is 12.4 Å². The lowest BCUT2D eigenvalue weighted by molar-refractivity contribution is 0.0600. The highest BCUT2D eigenvalue weighted by Crippen LogP contribution is 2.11. The maximum Gasteiger partial charge on any atom is 0.339 e. The number of esters is 1. The topological polar surface area (TPSA) is 26.3 Å². The second kappa shape index (κ2) is 5.57. The van der Waals surface area contributed by atoms with E-state index in [4.69, 9.17) is 0 Å². The summed E-state index contributed by atoms with van der Waals surface area (Å²) in [4.78, 5) is 11.4. The normalized spacial score (nSPS) is 9.00. The van der Waals surface area contributed by atoms with E-state index in [1.54, 1.807) is 6.07 Å². The SMILES string of the molecule is COC(=O)c1ccc(C)cc1C#CCBr. The monoisotopic (exact) mass is 266 g/mol. The molecule has 1 aromatic rings.